The summed E-state index contributed by atoms with van der Waals surface area (Å²) in [5.74, 6) is 0.910. The molecule has 2 N–H and O–H groups in total. The quantitative estimate of drug-likeness (QED) is 0.646. The maximum Gasteiger partial charge on any atom is 0.179 e. The van der Waals surface area contributed by atoms with Gasteiger partial charge in [-0.25, -0.2) is 9.97 Å². The molecule has 20 heavy (non-hydrogen) atoms. The van der Waals surface area contributed by atoms with Crippen molar-refractivity contribution in [1.82, 2.24) is 9.97 Å². The van der Waals surface area contributed by atoms with Crippen LogP contribution in [0.5, 0.6) is 0 Å². The van der Waals surface area contributed by atoms with E-state index in [-0.39, 0.29) is 11.4 Å². The first-order valence-electron chi connectivity index (χ1n) is 6.00. The van der Waals surface area contributed by atoms with Gasteiger partial charge in [-0.2, -0.15) is 10.5 Å². The molecule has 0 unspecified atom stereocenters. The normalized spacial score (nSPS) is 11.2. The van der Waals surface area contributed by atoms with Gasteiger partial charge in [-0.05, 0) is 37.1 Å². The van der Waals surface area contributed by atoms with Crippen molar-refractivity contribution in [1.29, 1.82) is 10.5 Å². The highest BCUT2D eigenvalue weighted by molar-refractivity contribution is 5.87. The summed E-state index contributed by atoms with van der Waals surface area (Å²) in [7, 11) is 0. The zero-order valence-electron chi connectivity index (χ0n) is 10.9. The first-order chi connectivity index (χ1) is 9.62. The summed E-state index contributed by atoms with van der Waals surface area (Å²) in [5.41, 5.74) is 4.11. The highest BCUT2D eigenvalue weighted by Gasteiger charge is 2.20. The third-order valence-electron chi connectivity index (χ3n) is 3.25. The number of anilines is 4. The van der Waals surface area contributed by atoms with Crippen molar-refractivity contribution in [2.24, 2.45) is 0 Å². The molecule has 0 atom stereocenters. The molecule has 1 aliphatic rings. The Morgan fingerprint density at radius 1 is 0.850 bits per heavy atom. The van der Waals surface area contributed by atoms with E-state index in [1.807, 2.05) is 38.1 Å². The lowest BCUT2D eigenvalue weighted by atomic mass is 10.1. The van der Waals surface area contributed by atoms with Crippen LogP contribution in [-0.2, 0) is 0 Å². The topological polar surface area (TPSA) is 97.4 Å². The third kappa shape index (κ3) is 1.72. The molecule has 0 saturated heterocycles. The van der Waals surface area contributed by atoms with Crippen LogP contribution in [0.3, 0.4) is 0 Å². The van der Waals surface area contributed by atoms with Crippen LogP contribution in [0.25, 0.3) is 0 Å². The molecule has 6 heteroatoms. The monoisotopic (exact) mass is 262 g/mol. The van der Waals surface area contributed by atoms with E-state index in [1.165, 1.54) is 0 Å². The van der Waals surface area contributed by atoms with E-state index >= 15 is 0 Å². The number of nitriles is 2. The van der Waals surface area contributed by atoms with Gasteiger partial charge in [0, 0.05) is 0 Å². The number of hydrogen-bond acceptors (Lipinski definition) is 6. The van der Waals surface area contributed by atoms with Gasteiger partial charge in [-0.3, -0.25) is 0 Å². The molecule has 0 radical (unpaired) electrons. The largest absolute Gasteiger partial charge is 0.335 e. The highest BCUT2D eigenvalue weighted by atomic mass is 15.2. The molecule has 3 rings (SSSR count). The fourth-order valence-electron chi connectivity index (χ4n) is 2.04. The molecule has 0 amide bonds. The summed E-state index contributed by atoms with van der Waals surface area (Å²) in [5, 5.41) is 24.2. The Morgan fingerprint density at radius 3 is 1.60 bits per heavy atom. The molecule has 2 aromatic rings. The van der Waals surface area contributed by atoms with Gasteiger partial charge in [0.1, 0.15) is 12.1 Å². The molecule has 1 aromatic carbocycles. The van der Waals surface area contributed by atoms with Gasteiger partial charge in [0.25, 0.3) is 0 Å². The van der Waals surface area contributed by atoms with E-state index < -0.39 is 0 Å². The smallest absolute Gasteiger partial charge is 0.179 e. The summed E-state index contributed by atoms with van der Waals surface area (Å²) in [6.45, 7) is 4.05. The number of hydrogen-bond donors (Lipinski definition) is 2. The molecular weight excluding hydrogens is 252 g/mol. The van der Waals surface area contributed by atoms with Crippen molar-refractivity contribution in [2.75, 3.05) is 10.6 Å². The molecule has 0 bridgehead atoms. The van der Waals surface area contributed by atoms with E-state index in [1.54, 1.807) is 0 Å². The van der Waals surface area contributed by atoms with E-state index in [0.29, 0.717) is 11.6 Å². The molecule has 0 aliphatic carbocycles. The van der Waals surface area contributed by atoms with E-state index in [9.17, 15) is 0 Å². The number of aromatic nitrogens is 2. The van der Waals surface area contributed by atoms with Crippen molar-refractivity contribution in [3.8, 4) is 12.1 Å². The minimum Gasteiger partial charge on any atom is -0.335 e. The van der Waals surface area contributed by atoms with E-state index in [2.05, 4.69) is 20.6 Å². The number of aryl methyl sites for hydroxylation is 2. The molecular formula is C14H10N6. The Bertz CT molecular complexity index is 742. The fraction of sp³-hybridized carbons (Fsp3) is 0.143. The Labute approximate surface area is 115 Å². The lowest BCUT2D eigenvalue weighted by molar-refractivity contribution is 1.12. The second-order valence-corrected chi connectivity index (χ2v) is 4.57. The Balaban J connectivity index is 2.14. The van der Waals surface area contributed by atoms with Crippen molar-refractivity contribution < 1.29 is 0 Å². The molecule has 0 saturated carbocycles. The van der Waals surface area contributed by atoms with Gasteiger partial charge < -0.3 is 10.6 Å². The molecule has 0 spiro atoms. The molecule has 1 aliphatic heterocycles. The second kappa shape index (κ2) is 4.22. The fourth-order valence-corrected chi connectivity index (χ4v) is 2.04. The van der Waals surface area contributed by atoms with Crippen LogP contribution >= 0.6 is 0 Å². The van der Waals surface area contributed by atoms with Crippen LogP contribution in [0.1, 0.15) is 22.5 Å². The maximum absolute atomic E-state index is 8.98. The van der Waals surface area contributed by atoms with Crippen molar-refractivity contribution in [3.05, 3.63) is 34.6 Å². The molecule has 2 heterocycles. The van der Waals surface area contributed by atoms with Crippen LogP contribution in [0, 0.1) is 36.5 Å². The number of benzene rings is 1. The standard InChI is InChI=1S/C14H10N6/c1-7-3-9-10(4-8(7)2)18-14-13(17-9)19-11(5-15)12(6-16)20-14/h3-4H,1-2H3,(H,17,19)(H,18,20). The predicted octanol–water partition coefficient (Wildman–Crippen LogP) is 2.64. The minimum atomic E-state index is 0.0211. The molecule has 0 fully saturated rings. The summed E-state index contributed by atoms with van der Waals surface area (Å²) in [6.07, 6.45) is 0. The number of nitrogens with zero attached hydrogens (tertiary/aromatic N) is 4. The number of rotatable bonds is 0. The Morgan fingerprint density at radius 2 is 1.25 bits per heavy atom. The molecule has 1 aromatic heterocycles. The second-order valence-electron chi connectivity index (χ2n) is 4.57. The average molecular weight is 262 g/mol. The minimum absolute atomic E-state index is 0.0211. The summed E-state index contributed by atoms with van der Waals surface area (Å²) in [6, 6.07) is 7.77. The first kappa shape index (κ1) is 11.9. The highest BCUT2D eigenvalue weighted by Crippen LogP contribution is 2.37. The van der Waals surface area contributed by atoms with Gasteiger partial charge >= 0.3 is 0 Å². The number of fused-ring (bicyclic) bond motifs is 2. The van der Waals surface area contributed by atoms with Gasteiger partial charge in [0.2, 0.25) is 0 Å². The van der Waals surface area contributed by atoms with Crippen molar-refractivity contribution in [2.45, 2.75) is 13.8 Å². The zero-order valence-corrected chi connectivity index (χ0v) is 10.9. The van der Waals surface area contributed by atoms with Crippen LogP contribution in [0.2, 0.25) is 0 Å². The predicted molar refractivity (Wildman–Crippen MR) is 73.9 cm³/mol. The van der Waals surface area contributed by atoms with Gasteiger partial charge in [-0.1, -0.05) is 0 Å². The van der Waals surface area contributed by atoms with Gasteiger partial charge in [0.15, 0.2) is 23.0 Å². The number of nitrogens with one attached hydrogen (secondary N) is 2. The van der Waals surface area contributed by atoms with E-state index in [0.717, 1.165) is 22.5 Å². The van der Waals surface area contributed by atoms with Crippen LogP contribution in [0.15, 0.2) is 12.1 Å². The molecule has 96 valence electrons. The van der Waals surface area contributed by atoms with Crippen molar-refractivity contribution >= 4 is 23.0 Å². The molecule has 6 nitrogen and oxygen atoms in total. The van der Waals surface area contributed by atoms with Crippen LogP contribution in [-0.4, -0.2) is 9.97 Å². The lowest BCUT2D eigenvalue weighted by Gasteiger charge is -2.22. The third-order valence-corrected chi connectivity index (χ3v) is 3.25. The Kier molecular flexibility index (Phi) is 2.52. The SMILES string of the molecule is Cc1cc2c(cc1C)Nc1nc(C#N)c(C#N)nc1N2. The van der Waals surface area contributed by atoms with Gasteiger partial charge in [0.05, 0.1) is 11.4 Å². The maximum atomic E-state index is 8.98. The van der Waals surface area contributed by atoms with Crippen LogP contribution in [0.4, 0.5) is 23.0 Å². The summed E-state index contributed by atoms with van der Waals surface area (Å²) >= 11 is 0. The Hall–Kier alpha value is -3.12. The summed E-state index contributed by atoms with van der Waals surface area (Å²) in [4.78, 5) is 8.27. The first-order valence-corrected chi connectivity index (χ1v) is 6.00. The summed E-state index contributed by atoms with van der Waals surface area (Å²) < 4.78 is 0. The van der Waals surface area contributed by atoms with E-state index in [4.69, 9.17) is 10.5 Å². The average Bonchev–Trinajstić information content (AvgIpc) is 2.45. The van der Waals surface area contributed by atoms with Crippen molar-refractivity contribution in [3.63, 3.8) is 0 Å². The van der Waals surface area contributed by atoms with Gasteiger partial charge in [-0.15, -0.1) is 0 Å². The zero-order chi connectivity index (χ0) is 14.3. The van der Waals surface area contributed by atoms with Crippen LogP contribution < -0.4 is 10.6 Å². The lowest BCUT2D eigenvalue weighted by Crippen LogP contribution is -2.12.